The lowest BCUT2D eigenvalue weighted by molar-refractivity contribution is 0.112. The third-order valence-corrected chi connectivity index (χ3v) is 4.67. The van der Waals surface area contributed by atoms with Gasteiger partial charge in [-0.1, -0.05) is 12.6 Å². The molecule has 3 aromatic rings. The first kappa shape index (κ1) is 16.3. The first-order chi connectivity index (χ1) is 11.6. The molecule has 0 fully saturated rings. The molecular weight excluding hydrogens is 320 g/mol. The fraction of sp³-hybridized carbons (Fsp3) is 0.158. The van der Waals surface area contributed by atoms with Gasteiger partial charge in [-0.05, 0) is 41.2 Å². The highest BCUT2D eigenvalue weighted by atomic mass is 32.2. The minimum Gasteiger partial charge on any atom is -0.481 e. The van der Waals surface area contributed by atoms with Crippen LogP contribution in [0.4, 0.5) is 0 Å². The fourth-order valence-corrected chi connectivity index (χ4v) is 3.16. The van der Waals surface area contributed by atoms with Crippen molar-refractivity contribution in [2.45, 2.75) is 5.03 Å². The van der Waals surface area contributed by atoms with Crippen LogP contribution in [0.3, 0.4) is 0 Å². The van der Waals surface area contributed by atoms with Gasteiger partial charge in [0.05, 0.1) is 7.11 Å². The Balaban J connectivity index is 2.10. The zero-order valence-corrected chi connectivity index (χ0v) is 14.7. The van der Waals surface area contributed by atoms with Crippen molar-refractivity contribution in [1.82, 2.24) is 9.55 Å². The van der Waals surface area contributed by atoms with Crippen LogP contribution in [0.1, 0.15) is 21.5 Å². The number of ether oxygens (including phenoxy) is 1. The fourth-order valence-electron chi connectivity index (χ4n) is 2.74. The van der Waals surface area contributed by atoms with Gasteiger partial charge in [-0.2, -0.15) is 0 Å². The lowest BCUT2D eigenvalue weighted by Crippen LogP contribution is -1.94. The van der Waals surface area contributed by atoms with Crippen molar-refractivity contribution in [3.05, 3.63) is 59.8 Å². The summed E-state index contributed by atoms with van der Waals surface area (Å²) in [4.78, 5) is 15.7. The molecule has 0 radical (unpaired) electrons. The molecule has 1 aromatic carbocycles. The number of pyridine rings is 1. The van der Waals surface area contributed by atoms with E-state index in [2.05, 4.69) is 11.6 Å². The number of hydrogen-bond acceptors (Lipinski definition) is 4. The zero-order chi connectivity index (χ0) is 17.3. The van der Waals surface area contributed by atoms with Gasteiger partial charge >= 0.3 is 0 Å². The number of aryl methyl sites for hydroxylation is 1. The molecule has 0 unspecified atom stereocenters. The van der Waals surface area contributed by atoms with Gasteiger partial charge in [0, 0.05) is 35.8 Å². The van der Waals surface area contributed by atoms with E-state index >= 15 is 0 Å². The molecule has 0 saturated heterocycles. The molecule has 24 heavy (non-hydrogen) atoms. The van der Waals surface area contributed by atoms with E-state index in [1.54, 1.807) is 18.9 Å². The van der Waals surface area contributed by atoms with Crippen LogP contribution in [-0.4, -0.2) is 29.2 Å². The Morgan fingerprint density at radius 1 is 1.29 bits per heavy atom. The minimum absolute atomic E-state index is 0.562. The maximum absolute atomic E-state index is 11.3. The van der Waals surface area contributed by atoms with Gasteiger partial charge in [0.2, 0.25) is 5.88 Å². The van der Waals surface area contributed by atoms with Gasteiger partial charge in [-0.15, -0.1) is 11.8 Å². The highest BCUT2D eigenvalue weighted by Crippen LogP contribution is 2.30. The molecule has 122 valence electrons. The maximum Gasteiger partial charge on any atom is 0.214 e. The number of nitrogens with zero attached hydrogens (tertiary/aromatic N) is 2. The van der Waals surface area contributed by atoms with Gasteiger partial charge in [0.1, 0.15) is 5.03 Å². The van der Waals surface area contributed by atoms with Gasteiger partial charge < -0.3 is 9.30 Å². The average Bonchev–Trinajstić information content (AvgIpc) is 2.95. The van der Waals surface area contributed by atoms with Crippen molar-refractivity contribution in [2.75, 3.05) is 13.4 Å². The van der Waals surface area contributed by atoms with Gasteiger partial charge in [0.25, 0.3) is 0 Å². The molecule has 4 nitrogen and oxygen atoms in total. The molecule has 0 saturated carbocycles. The van der Waals surface area contributed by atoms with Crippen molar-refractivity contribution in [2.24, 2.45) is 7.05 Å². The molecule has 2 aromatic heterocycles. The van der Waals surface area contributed by atoms with Crippen LogP contribution in [-0.2, 0) is 7.05 Å². The predicted molar refractivity (Wildman–Crippen MR) is 99.0 cm³/mol. The predicted octanol–water partition coefficient (Wildman–Crippen LogP) is 4.18. The van der Waals surface area contributed by atoms with Crippen molar-refractivity contribution in [3.63, 3.8) is 0 Å². The number of carbonyl (C=O) groups is 1. The standard InChI is InChI=1S/C19H18N2O2S/c1-12(14-8-18(23-3)20-19(9-14)24-4)13-5-6-17-16(7-13)15(11-22)10-21(17)2/h5-11H,1H2,2-4H3. The summed E-state index contributed by atoms with van der Waals surface area (Å²) < 4.78 is 7.23. The van der Waals surface area contributed by atoms with Gasteiger partial charge in [0.15, 0.2) is 6.29 Å². The van der Waals surface area contributed by atoms with Crippen LogP contribution in [0.5, 0.6) is 5.88 Å². The van der Waals surface area contributed by atoms with Crippen LogP contribution in [0.2, 0.25) is 0 Å². The Hall–Kier alpha value is -2.53. The molecule has 0 bridgehead atoms. The Morgan fingerprint density at radius 3 is 2.75 bits per heavy atom. The molecule has 0 N–H and O–H groups in total. The van der Waals surface area contributed by atoms with E-state index in [9.17, 15) is 4.79 Å². The average molecular weight is 338 g/mol. The second kappa shape index (κ2) is 6.53. The molecular formula is C19H18N2O2S. The molecule has 0 aliphatic rings. The van der Waals surface area contributed by atoms with Crippen molar-refractivity contribution >= 4 is 34.5 Å². The molecule has 5 heteroatoms. The van der Waals surface area contributed by atoms with Crippen molar-refractivity contribution in [1.29, 1.82) is 0 Å². The molecule has 0 amide bonds. The summed E-state index contributed by atoms with van der Waals surface area (Å²) in [6.07, 6.45) is 4.70. The third-order valence-electron chi connectivity index (χ3n) is 4.04. The largest absolute Gasteiger partial charge is 0.481 e. The molecule has 3 rings (SSSR count). The second-order valence-electron chi connectivity index (χ2n) is 5.46. The number of hydrogen-bond donors (Lipinski definition) is 0. The number of rotatable bonds is 5. The molecule has 0 spiro atoms. The monoisotopic (exact) mass is 338 g/mol. The van der Waals surface area contributed by atoms with Crippen LogP contribution in [0.15, 0.2) is 48.1 Å². The lowest BCUT2D eigenvalue weighted by atomic mass is 9.98. The number of fused-ring (bicyclic) bond motifs is 1. The molecule has 2 heterocycles. The Labute approximate surface area is 145 Å². The molecule has 0 atom stereocenters. The first-order valence-electron chi connectivity index (χ1n) is 7.41. The molecule has 0 aliphatic heterocycles. The van der Waals surface area contributed by atoms with Crippen molar-refractivity contribution in [3.8, 4) is 5.88 Å². The summed E-state index contributed by atoms with van der Waals surface area (Å²) >= 11 is 1.56. The maximum atomic E-state index is 11.3. The Morgan fingerprint density at radius 2 is 2.08 bits per heavy atom. The second-order valence-corrected chi connectivity index (χ2v) is 6.29. The smallest absolute Gasteiger partial charge is 0.214 e. The van der Waals surface area contributed by atoms with E-state index in [4.69, 9.17) is 4.74 Å². The zero-order valence-electron chi connectivity index (χ0n) is 13.9. The Bertz CT molecular complexity index is 922. The molecule has 0 aliphatic carbocycles. The first-order valence-corrected chi connectivity index (χ1v) is 8.64. The number of aromatic nitrogens is 2. The summed E-state index contributed by atoms with van der Waals surface area (Å²) in [5, 5.41) is 1.80. The van der Waals surface area contributed by atoms with E-state index in [1.165, 1.54) is 0 Å². The van der Waals surface area contributed by atoms with E-state index in [-0.39, 0.29) is 0 Å². The van der Waals surface area contributed by atoms with Crippen LogP contribution in [0.25, 0.3) is 16.5 Å². The summed E-state index contributed by atoms with van der Waals surface area (Å²) in [6, 6.07) is 9.90. The summed E-state index contributed by atoms with van der Waals surface area (Å²) in [5.74, 6) is 0.562. The number of benzene rings is 1. The summed E-state index contributed by atoms with van der Waals surface area (Å²) in [6.45, 7) is 4.23. The van der Waals surface area contributed by atoms with Crippen LogP contribution in [0, 0.1) is 0 Å². The highest BCUT2D eigenvalue weighted by molar-refractivity contribution is 7.98. The lowest BCUT2D eigenvalue weighted by Gasteiger charge is -2.10. The van der Waals surface area contributed by atoms with Gasteiger partial charge in [-0.3, -0.25) is 4.79 Å². The number of thioether (sulfide) groups is 1. The minimum atomic E-state index is 0.562. The van der Waals surface area contributed by atoms with E-state index < -0.39 is 0 Å². The SMILES string of the molecule is C=C(c1cc(OC)nc(SC)c1)c1ccc2c(c1)c(C=O)cn2C. The summed E-state index contributed by atoms with van der Waals surface area (Å²) in [5.41, 5.74) is 4.49. The number of methoxy groups -OCH3 is 1. The van der Waals surface area contributed by atoms with Crippen molar-refractivity contribution < 1.29 is 9.53 Å². The number of aldehydes is 1. The van der Waals surface area contributed by atoms with Gasteiger partial charge in [-0.25, -0.2) is 4.98 Å². The van der Waals surface area contributed by atoms with E-state index in [1.807, 2.05) is 54.4 Å². The number of carbonyl (C=O) groups excluding carboxylic acids is 1. The van der Waals surface area contributed by atoms with Crippen LogP contribution >= 0.6 is 11.8 Å². The Kier molecular flexibility index (Phi) is 4.44. The highest BCUT2D eigenvalue weighted by Gasteiger charge is 2.11. The third kappa shape index (κ3) is 2.83. The normalized spacial score (nSPS) is 10.8. The topological polar surface area (TPSA) is 44.1 Å². The van der Waals surface area contributed by atoms with Crippen LogP contribution < -0.4 is 4.74 Å². The quantitative estimate of drug-likeness (QED) is 0.517. The van der Waals surface area contributed by atoms with E-state index in [0.29, 0.717) is 11.4 Å². The summed E-state index contributed by atoms with van der Waals surface area (Å²) in [7, 11) is 3.54. The van der Waals surface area contributed by atoms with E-state index in [0.717, 1.165) is 38.9 Å².